The first-order chi connectivity index (χ1) is 11.4. The summed E-state index contributed by atoms with van der Waals surface area (Å²) in [7, 11) is -3.72. The molecule has 1 N–H and O–H groups in total. The summed E-state index contributed by atoms with van der Waals surface area (Å²) < 4.78 is 44.5. The Labute approximate surface area is 140 Å². The van der Waals surface area contributed by atoms with E-state index < -0.39 is 15.6 Å². The van der Waals surface area contributed by atoms with Gasteiger partial charge in [-0.25, -0.2) is 13.1 Å². The molecule has 7 nitrogen and oxygen atoms in total. The second kappa shape index (κ2) is 5.22. The van der Waals surface area contributed by atoms with Crippen molar-refractivity contribution < 1.29 is 22.4 Å². The van der Waals surface area contributed by atoms with E-state index in [1.807, 2.05) is 18.2 Å². The molecule has 1 aliphatic heterocycles. The van der Waals surface area contributed by atoms with E-state index in [1.165, 1.54) is 0 Å². The zero-order valence-electron chi connectivity index (χ0n) is 13.5. The molecule has 128 valence electrons. The summed E-state index contributed by atoms with van der Waals surface area (Å²) in [5.41, 5.74) is 0.630. The smallest absolute Gasteiger partial charge is 0.246 e. The van der Waals surface area contributed by atoms with Crippen molar-refractivity contribution in [3.8, 4) is 11.5 Å². The third kappa shape index (κ3) is 2.46. The van der Waals surface area contributed by atoms with Gasteiger partial charge >= 0.3 is 0 Å². The molecule has 1 saturated carbocycles. The maximum absolute atomic E-state index is 12.8. The standard InChI is InChI=1S/C16H18N2O5S/c1-10-15(11(2)23-17-10)24(19,20)18-16(5-6-16)12-3-4-13-14(9-12)22-8-7-21-13/h3-4,9,18H,5-8H2,1-2H3. The van der Waals surface area contributed by atoms with Crippen LogP contribution in [0.2, 0.25) is 0 Å². The summed E-state index contributed by atoms with van der Waals surface area (Å²) in [6, 6.07) is 5.57. The summed E-state index contributed by atoms with van der Waals surface area (Å²) >= 11 is 0. The minimum atomic E-state index is -3.72. The van der Waals surface area contributed by atoms with E-state index in [2.05, 4.69) is 9.88 Å². The van der Waals surface area contributed by atoms with Crippen molar-refractivity contribution in [3.63, 3.8) is 0 Å². The number of hydrogen-bond acceptors (Lipinski definition) is 6. The molecule has 0 radical (unpaired) electrons. The molecule has 1 aliphatic carbocycles. The molecule has 8 heteroatoms. The Morgan fingerprint density at radius 1 is 1.12 bits per heavy atom. The summed E-state index contributed by atoms with van der Waals surface area (Å²) in [5.74, 6) is 1.63. The molecule has 1 fully saturated rings. The van der Waals surface area contributed by atoms with Gasteiger partial charge in [0, 0.05) is 0 Å². The fraction of sp³-hybridized carbons (Fsp3) is 0.438. The quantitative estimate of drug-likeness (QED) is 0.907. The van der Waals surface area contributed by atoms with Gasteiger partial charge in [-0.3, -0.25) is 0 Å². The second-order valence-electron chi connectivity index (χ2n) is 6.20. The van der Waals surface area contributed by atoms with Gasteiger partial charge in [-0.15, -0.1) is 0 Å². The molecule has 2 aromatic rings. The highest BCUT2D eigenvalue weighted by atomic mass is 32.2. The van der Waals surface area contributed by atoms with E-state index in [-0.39, 0.29) is 10.7 Å². The number of benzene rings is 1. The predicted molar refractivity (Wildman–Crippen MR) is 84.6 cm³/mol. The van der Waals surface area contributed by atoms with E-state index in [4.69, 9.17) is 14.0 Å². The van der Waals surface area contributed by atoms with E-state index in [9.17, 15) is 8.42 Å². The van der Waals surface area contributed by atoms with Crippen LogP contribution in [-0.4, -0.2) is 26.8 Å². The van der Waals surface area contributed by atoms with E-state index in [0.717, 1.165) is 18.4 Å². The highest BCUT2D eigenvalue weighted by Gasteiger charge is 2.48. The predicted octanol–water partition coefficient (Wildman–Crippen LogP) is 2.03. The van der Waals surface area contributed by atoms with Crippen molar-refractivity contribution in [2.75, 3.05) is 13.2 Å². The fourth-order valence-electron chi connectivity index (χ4n) is 3.08. The largest absolute Gasteiger partial charge is 0.486 e. The Hall–Kier alpha value is -2.06. The van der Waals surface area contributed by atoms with Crippen LogP contribution < -0.4 is 14.2 Å². The highest BCUT2D eigenvalue weighted by Crippen LogP contribution is 2.49. The first kappa shape index (κ1) is 15.5. The lowest BCUT2D eigenvalue weighted by Gasteiger charge is -2.22. The topological polar surface area (TPSA) is 90.7 Å². The third-order valence-corrected chi connectivity index (χ3v) is 6.19. The lowest BCUT2D eigenvalue weighted by Crippen LogP contribution is -2.35. The normalized spacial score (nSPS) is 18.4. The van der Waals surface area contributed by atoms with Gasteiger partial charge in [-0.1, -0.05) is 11.2 Å². The molecule has 0 saturated heterocycles. The van der Waals surface area contributed by atoms with E-state index in [0.29, 0.717) is 30.4 Å². The van der Waals surface area contributed by atoms with Gasteiger partial charge in [0.1, 0.15) is 23.8 Å². The number of hydrogen-bond donors (Lipinski definition) is 1. The molecule has 1 aromatic carbocycles. The number of nitrogens with zero attached hydrogens (tertiary/aromatic N) is 1. The van der Waals surface area contributed by atoms with Gasteiger partial charge in [0.15, 0.2) is 17.3 Å². The van der Waals surface area contributed by atoms with Crippen molar-refractivity contribution in [2.45, 2.75) is 37.1 Å². The van der Waals surface area contributed by atoms with Crippen LogP contribution in [0.4, 0.5) is 0 Å². The highest BCUT2D eigenvalue weighted by molar-refractivity contribution is 7.89. The summed E-state index contributed by atoms with van der Waals surface area (Å²) in [6.45, 7) is 4.23. The van der Waals surface area contributed by atoms with Crippen LogP contribution in [0, 0.1) is 13.8 Å². The molecule has 2 heterocycles. The number of rotatable bonds is 4. The zero-order chi connectivity index (χ0) is 16.9. The molecule has 0 spiro atoms. The molecule has 0 bridgehead atoms. The van der Waals surface area contributed by atoms with Gasteiger partial charge in [-0.2, -0.15) is 0 Å². The average Bonchev–Trinajstić information content (AvgIpc) is 3.23. The maximum Gasteiger partial charge on any atom is 0.246 e. The third-order valence-electron chi connectivity index (χ3n) is 4.41. The number of ether oxygens (including phenoxy) is 2. The molecular formula is C16H18N2O5S. The van der Waals surface area contributed by atoms with Crippen LogP contribution in [-0.2, 0) is 15.6 Å². The number of sulfonamides is 1. The molecule has 1 aromatic heterocycles. The molecule has 24 heavy (non-hydrogen) atoms. The van der Waals surface area contributed by atoms with Gasteiger partial charge in [0.05, 0.1) is 5.54 Å². The second-order valence-corrected chi connectivity index (χ2v) is 7.82. The van der Waals surface area contributed by atoms with Crippen molar-refractivity contribution in [1.82, 2.24) is 9.88 Å². The minimum absolute atomic E-state index is 0.117. The Kier molecular flexibility index (Phi) is 3.36. The molecule has 0 amide bonds. The Balaban J connectivity index is 1.67. The Bertz CT molecular complexity index is 880. The van der Waals surface area contributed by atoms with Crippen LogP contribution in [0.3, 0.4) is 0 Å². The molecule has 0 atom stereocenters. The number of nitrogens with one attached hydrogen (secondary N) is 1. The van der Waals surface area contributed by atoms with Crippen LogP contribution in [0.5, 0.6) is 11.5 Å². The lowest BCUT2D eigenvalue weighted by atomic mass is 10.1. The molecule has 0 unspecified atom stereocenters. The first-order valence-corrected chi connectivity index (χ1v) is 9.27. The average molecular weight is 350 g/mol. The number of fused-ring (bicyclic) bond motifs is 1. The monoisotopic (exact) mass is 350 g/mol. The van der Waals surface area contributed by atoms with Crippen LogP contribution >= 0.6 is 0 Å². The Morgan fingerprint density at radius 3 is 2.46 bits per heavy atom. The summed E-state index contributed by atoms with van der Waals surface area (Å²) in [5, 5.41) is 3.73. The van der Waals surface area contributed by atoms with Gasteiger partial charge in [-0.05, 0) is 44.4 Å². The molecular weight excluding hydrogens is 332 g/mol. The molecule has 2 aliphatic rings. The van der Waals surface area contributed by atoms with Gasteiger partial charge in [0.2, 0.25) is 10.0 Å². The van der Waals surface area contributed by atoms with Crippen LogP contribution in [0.15, 0.2) is 27.6 Å². The first-order valence-electron chi connectivity index (χ1n) is 7.78. The minimum Gasteiger partial charge on any atom is -0.486 e. The number of aryl methyl sites for hydroxylation is 2. The van der Waals surface area contributed by atoms with Crippen molar-refractivity contribution in [1.29, 1.82) is 0 Å². The van der Waals surface area contributed by atoms with Crippen molar-refractivity contribution in [3.05, 3.63) is 35.2 Å². The summed E-state index contributed by atoms with van der Waals surface area (Å²) in [6.07, 6.45) is 1.46. The van der Waals surface area contributed by atoms with E-state index >= 15 is 0 Å². The Morgan fingerprint density at radius 2 is 1.83 bits per heavy atom. The van der Waals surface area contributed by atoms with Gasteiger partial charge < -0.3 is 14.0 Å². The zero-order valence-corrected chi connectivity index (χ0v) is 14.3. The van der Waals surface area contributed by atoms with Crippen molar-refractivity contribution in [2.24, 2.45) is 0 Å². The summed E-state index contributed by atoms with van der Waals surface area (Å²) in [4.78, 5) is 0.117. The lowest BCUT2D eigenvalue weighted by molar-refractivity contribution is 0.171. The van der Waals surface area contributed by atoms with E-state index in [1.54, 1.807) is 13.8 Å². The van der Waals surface area contributed by atoms with Crippen LogP contribution in [0.1, 0.15) is 29.9 Å². The van der Waals surface area contributed by atoms with Gasteiger partial charge in [0.25, 0.3) is 0 Å². The maximum atomic E-state index is 12.8. The molecule has 4 rings (SSSR count). The van der Waals surface area contributed by atoms with Crippen molar-refractivity contribution >= 4 is 10.0 Å². The van der Waals surface area contributed by atoms with Crippen LogP contribution in [0.25, 0.3) is 0 Å². The fourth-order valence-corrected chi connectivity index (χ4v) is 4.86. The number of aromatic nitrogens is 1. The SMILES string of the molecule is Cc1noc(C)c1S(=O)(=O)NC1(c2ccc3c(c2)OCCO3)CC1.